The van der Waals surface area contributed by atoms with Crippen LogP contribution < -0.4 is 5.32 Å². The second kappa shape index (κ2) is 34.5. The molecular weight excluding hydrogens is 905 g/mol. The molecule has 1 aliphatic rings. The highest BCUT2D eigenvalue weighted by atomic mass is 31.3. The van der Waals surface area contributed by atoms with Gasteiger partial charge in [-0.2, -0.15) is 4.31 Å². The second-order valence-corrected chi connectivity index (χ2v) is 21.8. The molecule has 0 aromatic heterocycles. The van der Waals surface area contributed by atoms with Crippen molar-refractivity contribution in [3.05, 3.63) is 105 Å². The van der Waals surface area contributed by atoms with Crippen molar-refractivity contribution in [1.29, 1.82) is 0 Å². The van der Waals surface area contributed by atoms with E-state index >= 15 is 0 Å². The van der Waals surface area contributed by atoms with Gasteiger partial charge in [-0.25, -0.2) is 9.13 Å². The average molecular weight is 994 g/mol. The molecule has 1 fully saturated rings. The Labute approximate surface area is 410 Å². The number of aliphatic hydroxyl groups excluding tert-OH is 3. The van der Waals surface area contributed by atoms with Gasteiger partial charge in [-0.1, -0.05) is 105 Å². The van der Waals surface area contributed by atoms with Crippen molar-refractivity contribution in [2.75, 3.05) is 13.2 Å². The van der Waals surface area contributed by atoms with E-state index in [9.17, 15) is 39.0 Å². The van der Waals surface area contributed by atoms with Crippen LogP contribution in [0.25, 0.3) is 0 Å². The fraction of sp³-hybridized carbons (Fsp3) is 0.642. The van der Waals surface area contributed by atoms with Gasteiger partial charge in [-0.05, 0) is 172 Å². The average Bonchev–Trinajstić information content (AvgIpc) is 3.22. The van der Waals surface area contributed by atoms with Crippen molar-refractivity contribution < 1.29 is 57.1 Å². The zero-order valence-electron chi connectivity index (χ0n) is 43.3. The van der Waals surface area contributed by atoms with Crippen molar-refractivity contribution in [3.63, 3.8) is 0 Å². The van der Waals surface area contributed by atoms with E-state index in [4.69, 9.17) is 13.8 Å². The number of amides is 1. The van der Waals surface area contributed by atoms with E-state index in [1.54, 1.807) is 6.08 Å². The minimum atomic E-state index is -5.42. The van der Waals surface area contributed by atoms with Crippen molar-refractivity contribution in [2.24, 2.45) is 0 Å². The van der Waals surface area contributed by atoms with Crippen molar-refractivity contribution in [1.82, 2.24) is 5.32 Å². The van der Waals surface area contributed by atoms with E-state index in [-0.39, 0.29) is 0 Å². The molecule has 0 saturated carbocycles. The van der Waals surface area contributed by atoms with Gasteiger partial charge in [-0.3, -0.25) is 13.8 Å². The molecule has 0 bridgehead atoms. The molecule has 2 unspecified atom stereocenters. The molecule has 15 heteroatoms. The lowest BCUT2D eigenvalue weighted by Gasteiger charge is -2.42. The van der Waals surface area contributed by atoms with Gasteiger partial charge < -0.3 is 35.2 Å². The summed E-state index contributed by atoms with van der Waals surface area (Å²) in [6.07, 6.45) is 30.1. The third kappa shape index (κ3) is 30.8. The lowest BCUT2D eigenvalue weighted by Crippen LogP contribution is -2.64. The zero-order chi connectivity index (χ0) is 51.3. The summed E-state index contributed by atoms with van der Waals surface area (Å²) in [7, 11) is -10.6. The summed E-state index contributed by atoms with van der Waals surface area (Å²) < 4.78 is 44.3. The predicted molar refractivity (Wildman–Crippen MR) is 276 cm³/mol. The van der Waals surface area contributed by atoms with Gasteiger partial charge >= 0.3 is 15.6 Å². The minimum absolute atomic E-state index is 0.405. The van der Waals surface area contributed by atoms with E-state index in [1.807, 2.05) is 6.92 Å². The molecule has 1 heterocycles. The number of ether oxygens (including phenoxy) is 1. The van der Waals surface area contributed by atoms with E-state index in [1.165, 1.54) is 44.6 Å². The van der Waals surface area contributed by atoms with Gasteiger partial charge in [0.25, 0.3) is 0 Å². The van der Waals surface area contributed by atoms with Crippen LogP contribution in [0, 0.1) is 0 Å². The van der Waals surface area contributed by atoms with Crippen LogP contribution in [0.15, 0.2) is 105 Å². The van der Waals surface area contributed by atoms with Crippen LogP contribution in [0.1, 0.15) is 179 Å². The Balaban J connectivity index is 2.37. The number of nitrogens with one attached hydrogen (secondary N) is 1. The fourth-order valence-corrected chi connectivity index (χ4v) is 9.46. The maximum Gasteiger partial charge on any atom is 0.483 e. The Morgan fingerprint density at radius 1 is 0.515 bits per heavy atom. The first-order valence-electron chi connectivity index (χ1n) is 24.4. The highest BCUT2D eigenvalue weighted by Gasteiger charge is 2.49. The molecule has 0 aromatic carbocycles. The van der Waals surface area contributed by atoms with Crippen LogP contribution in [0.2, 0.25) is 0 Å². The van der Waals surface area contributed by atoms with Crippen LogP contribution in [0.4, 0.5) is 0 Å². The lowest BCUT2D eigenvalue weighted by atomic mass is 9.97. The minimum Gasteiger partial charge on any atom is -0.394 e. The second-order valence-electron chi connectivity index (χ2n) is 18.8. The van der Waals surface area contributed by atoms with Crippen LogP contribution in [-0.4, -0.2) is 74.9 Å². The molecule has 0 radical (unpaired) electrons. The Morgan fingerprint density at radius 3 is 1.15 bits per heavy atom. The number of hydrogen-bond donors (Lipinski definition) is 6. The van der Waals surface area contributed by atoms with Crippen LogP contribution >= 0.6 is 15.6 Å². The lowest BCUT2D eigenvalue weighted by molar-refractivity contribution is -0.247. The van der Waals surface area contributed by atoms with Gasteiger partial charge in [0, 0.05) is 6.92 Å². The quantitative estimate of drug-likeness (QED) is 0.0269. The molecule has 1 saturated heterocycles. The maximum atomic E-state index is 12.6. The summed E-state index contributed by atoms with van der Waals surface area (Å²) in [6, 6.07) is -1.58. The number of carbonyl (C=O) groups excluding carboxylic acids is 1. The maximum absolute atomic E-state index is 12.6. The molecule has 0 aromatic rings. The number of phosphoric acid groups is 2. The summed E-state index contributed by atoms with van der Waals surface area (Å²) in [4.78, 5) is 31.9. The normalized spacial score (nSPS) is 22.5. The smallest absolute Gasteiger partial charge is 0.394 e. The summed E-state index contributed by atoms with van der Waals surface area (Å²) in [5, 5.41) is 32.1. The summed E-state index contributed by atoms with van der Waals surface area (Å²) >= 11 is 0. The number of hydrogen-bond acceptors (Lipinski definition) is 10. The summed E-state index contributed by atoms with van der Waals surface area (Å²) in [5.41, 5.74) is 12.3. The standard InChI is InChI=1S/C53H89NO12P2/c1-39(2)20-12-21-40(3)22-13-23-41(4)24-14-25-42(5)26-15-27-43(6)28-16-29-44(7)30-17-31-45(8)32-18-33-46(9)34-19-35-47(10)36-37-63-67(59,60)66-68(61,62)65-53-50(54-48(11)56)52(58)51(57)49(38-55)64-53/h20,22,24,26,28,30,32,34,36,49-53,55,57-58H,12-19,21,23,25,27,29,31,33,35,37-38H2,1-11H3,(H,54,56)(H,59,60)(H,61,62)/b40-22+,41-24+,42-26+,43-28+,44-30+,45-32+,46-34+,47-36+/t49-,50-,51-,52-,53-/m1/s1. The molecule has 13 nitrogen and oxygen atoms in total. The molecule has 68 heavy (non-hydrogen) atoms. The fourth-order valence-electron chi connectivity index (χ4n) is 7.37. The number of aliphatic hydroxyl groups is 3. The molecule has 1 rings (SSSR count). The Morgan fingerprint density at radius 2 is 0.838 bits per heavy atom. The first kappa shape index (κ1) is 63.2. The third-order valence-electron chi connectivity index (χ3n) is 11.7. The summed E-state index contributed by atoms with van der Waals surface area (Å²) in [5.74, 6) is -0.707. The van der Waals surface area contributed by atoms with Gasteiger partial charge in [0.1, 0.15) is 24.4 Å². The van der Waals surface area contributed by atoms with Gasteiger partial charge in [-0.15, -0.1) is 0 Å². The highest BCUT2D eigenvalue weighted by molar-refractivity contribution is 7.61. The highest BCUT2D eigenvalue weighted by Crippen LogP contribution is 2.61. The van der Waals surface area contributed by atoms with Gasteiger partial charge in [0.15, 0.2) is 6.29 Å². The molecule has 1 amide bonds. The van der Waals surface area contributed by atoms with E-state index in [0.29, 0.717) is 6.42 Å². The SMILES string of the molecule is CC(=O)N[C@H]1[C@@H](OP(=O)(O)OP(=O)(O)OC/C=C(\C)CC/C=C(\C)CC/C=C(\C)CC/C=C(\C)CC/C=C(\C)CC/C=C(\C)CC/C=C(\C)CC/C=C(\C)CCC=C(C)C)O[C@H](CO)[C@@H](O)[C@@H]1O. The van der Waals surface area contributed by atoms with Crippen LogP contribution in [-0.2, 0) is 32.0 Å². The largest absolute Gasteiger partial charge is 0.483 e. The predicted octanol–water partition coefficient (Wildman–Crippen LogP) is 13.0. The number of phosphoric ester groups is 2. The first-order valence-corrected chi connectivity index (χ1v) is 27.4. The van der Waals surface area contributed by atoms with Gasteiger partial charge in [0.05, 0.1) is 13.2 Å². The van der Waals surface area contributed by atoms with Crippen molar-refractivity contribution in [2.45, 2.75) is 210 Å². The van der Waals surface area contributed by atoms with E-state index in [0.717, 1.165) is 109 Å². The molecule has 0 spiro atoms. The molecule has 6 N–H and O–H groups in total. The van der Waals surface area contributed by atoms with E-state index in [2.05, 4.69) is 121 Å². The molecule has 388 valence electrons. The number of allylic oxidation sites excluding steroid dienone is 17. The number of carbonyl (C=O) groups is 1. The van der Waals surface area contributed by atoms with Crippen molar-refractivity contribution in [3.8, 4) is 0 Å². The topological polar surface area (TPSA) is 201 Å². The first-order chi connectivity index (χ1) is 31.9. The van der Waals surface area contributed by atoms with Crippen LogP contribution in [0.3, 0.4) is 0 Å². The molecule has 1 aliphatic heterocycles. The Bertz CT molecular complexity index is 1920. The number of rotatable bonds is 33. The Kier molecular flexibility index (Phi) is 32.1. The van der Waals surface area contributed by atoms with Gasteiger partial charge in [0.2, 0.25) is 5.91 Å². The Hall–Kier alpha value is -2.77. The molecule has 7 atom stereocenters. The zero-order valence-corrected chi connectivity index (χ0v) is 45.1. The van der Waals surface area contributed by atoms with E-state index < -0.39 is 65.4 Å². The molecule has 0 aliphatic carbocycles. The summed E-state index contributed by atoms with van der Waals surface area (Å²) in [6.45, 7) is 21.6. The van der Waals surface area contributed by atoms with Crippen LogP contribution in [0.5, 0.6) is 0 Å². The molecular formula is C53H89NO12P2. The monoisotopic (exact) mass is 994 g/mol. The van der Waals surface area contributed by atoms with Crippen molar-refractivity contribution >= 4 is 21.6 Å². The third-order valence-corrected chi connectivity index (χ3v) is 14.3.